The van der Waals surface area contributed by atoms with Crippen LogP contribution >= 0.6 is 15.9 Å². The lowest BCUT2D eigenvalue weighted by molar-refractivity contribution is 0.461. The topological polar surface area (TPSA) is 25.2 Å². The molecule has 0 unspecified atom stereocenters. The molecule has 0 spiro atoms. The van der Waals surface area contributed by atoms with E-state index in [4.69, 9.17) is 4.42 Å². The molecule has 0 saturated carbocycles. The van der Waals surface area contributed by atoms with Crippen LogP contribution in [0.3, 0.4) is 0 Å². The summed E-state index contributed by atoms with van der Waals surface area (Å²) in [6, 6.07) is 10.3. The van der Waals surface area contributed by atoms with Crippen LogP contribution in [0, 0.1) is 13.8 Å². The first-order valence-electron chi connectivity index (χ1n) is 5.66. The molecule has 1 heterocycles. The van der Waals surface area contributed by atoms with Gasteiger partial charge in [0.2, 0.25) is 0 Å². The second kappa shape index (κ2) is 5.52. The Morgan fingerprint density at radius 2 is 1.94 bits per heavy atom. The molecule has 0 saturated heterocycles. The molecule has 0 atom stereocenters. The molecule has 90 valence electrons. The van der Waals surface area contributed by atoms with E-state index in [1.54, 1.807) is 0 Å². The van der Waals surface area contributed by atoms with Crippen molar-refractivity contribution in [2.45, 2.75) is 26.9 Å². The summed E-state index contributed by atoms with van der Waals surface area (Å²) in [6.07, 6.45) is 0. The Hall–Kier alpha value is -1.06. The quantitative estimate of drug-likeness (QED) is 0.923. The third kappa shape index (κ3) is 3.45. The van der Waals surface area contributed by atoms with Gasteiger partial charge in [0.25, 0.3) is 0 Å². The summed E-state index contributed by atoms with van der Waals surface area (Å²) in [5.74, 6) is 1.94. The largest absolute Gasteiger partial charge is 0.465 e. The van der Waals surface area contributed by atoms with Gasteiger partial charge < -0.3 is 9.73 Å². The molecule has 0 fully saturated rings. The molecule has 1 aromatic heterocycles. The van der Waals surface area contributed by atoms with E-state index in [-0.39, 0.29) is 0 Å². The Balaban J connectivity index is 1.90. The standard InChI is InChI=1S/C14H16BrNO/c1-10-7-13(15)5-4-12(10)8-16-9-14-6-3-11(2)17-14/h3-7,16H,8-9H2,1-2H3. The average Bonchev–Trinajstić information content (AvgIpc) is 2.68. The van der Waals surface area contributed by atoms with Crippen LogP contribution in [-0.4, -0.2) is 0 Å². The summed E-state index contributed by atoms with van der Waals surface area (Å²) in [7, 11) is 0. The number of hydrogen-bond acceptors (Lipinski definition) is 2. The number of nitrogens with one attached hydrogen (secondary N) is 1. The third-order valence-electron chi connectivity index (χ3n) is 2.72. The molecule has 0 amide bonds. The molecule has 0 radical (unpaired) electrons. The number of furan rings is 1. The van der Waals surface area contributed by atoms with Crippen molar-refractivity contribution in [1.82, 2.24) is 5.32 Å². The van der Waals surface area contributed by atoms with Crippen molar-refractivity contribution >= 4 is 15.9 Å². The summed E-state index contributed by atoms with van der Waals surface area (Å²) < 4.78 is 6.63. The SMILES string of the molecule is Cc1ccc(CNCc2ccc(Br)cc2C)o1. The Labute approximate surface area is 110 Å². The van der Waals surface area contributed by atoms with Crippen LogP contribution in [0.5, 0.6) is 0 Å². The Kier molecular flexibility index (Phi) is 4.02. The molecule has 2 rings (SSSR count). The average molecular weight is 294 g/mol. The van der Waals surface area contributed by atoms with Gasteiger partial charge in [0.1, 0.15) is 11.5 Å². The van der Waals surface area contributed by atoms with E-state index in [1.165, 1.54) is 11.1 Å². The molecule has 17 heavy (non-hydrogen) atoms. The normalized spacial score (nSPS) is 10.8. The predicted molar refractivity (Wildman–Crippen MR) is 72.9 cm³/mol. The van der Waals surface area contributed by atoms with E-state index in [0.29, 0.717) is 0 Å². The van der Waals surface area contributed by atoms with E-state index in [1.807, 2.05) is 19.1 Å². The maximum absolute atomic E-state index is 5.50. The van der Waals surface area contributed by atoms with Crippen molar-refractivity contribution in [3.8, 4) is 0 Å². The highest BCUT2D eigenvalue weighted by Crippen LogP contribution is 2.15. The number of rotatable bonds is 4. The van der Waals surface area contributed by atoms with Gasteiger partial charge in [0.15, 0.2) is 0 Å². The molecular weight excluding hydrogens is 278 g/mol. The van der Waals surface area contributed by atoms with Crippen LogP contribution in [0.4, 0.5) is 0 Å². The van der Waals surface area contributed by atoms with Gasteiger partial charge in [-0.3, -0.25) is 0 Å². The number of aryl methyl sites for hydroxylation is 2. The van der Waals surface area contributed by atoms with Crippen molar-refractivity contribution in [3.05, 3.63) is 57.5 Å². The van der Waals surface area contributed by atoms with Crippen molar-refractivity contribution in [2.24, 2.45) is 0 Å². The van der Waals surface area contributed by atoms with Crippen molar-refractivity contribution in [1.29, 1.82) is 0 Å². The minimum Gasteiger partial charge on any atom is -0.465 e. The van der Waals surface area contributed by atoms with Gasteiger partial charge >= 0.3 is 0 Å². The fraction of sp³-hybridized carbons (Fsp3) is 0.286. The lowest BCUT2D eigenvalue weighted by Gasteiger charge is -2.07. The predicted octanol–water partition coefficient (Wildman–Crippen LogP) is 3.95. The molecule has 1 aromatic carbocycles. The minimum absolute atomic E-state index is 0.767. The van der Waals surface area contributed by atoms with Crippen LogP contribution in [0.25, 0.3) is 0 Å². The van der Waals surface area contributed by atoms with Crippen LogP contribution < -0.4 is 5.32 Å². The van der Waals surface area contributed by atoms with E-state index >= 15 is 0 Å². The van der Waals surface area contributed by atoms with Gasteiger partial charge in [-0.25, -0.2) is 0 Å². The summed E-state index contributed by atoms with van der Waals surface area (Å²) in [4.78, 5) is 0. The smallest absolute Gasteiger partial charge is 0.117 e. The highest BCUT2D eigenvalue weighted by molar-refractivity contribution is 9.10. The molecule has 0 bridgehead atoms. The van der Waals surface area contributed by atoms with Gasteiger partial charge in [0, 0.05) is 11.0 Å². The van der Waals surface area contributed by atoms with E-state index in [2.05, 4.69) is 46.4 Å². The summed E-state index contributed by atoms with van der Waals surface area (Å²) in [5.41, 5.74) is 2.61. The van der Waals surface area contributed by atoms with Gasteiger partial charge in [-0.2, -0.15) is 0 Å². The van der Waals surface area contributed by atoms with Gasteiger partial charge in [-0.1, -0.05) is 22.0 Å². The molecule has 3 heteroatoms. The lowest BCUT2D eigenvalue weighted by atomic mass is 10.1. The molecular formula is C14H16BrNO. The van der Waals surface area contributed by atoms with Gasteiger partial charge in [-0.15, -0.1) is 0 Å². The fourth-order valence-electron chi connectivity index (χ4n) is 1.76. The summed E-state index contributed by atoms with van der Waals surface area (Å²) in [6.45, 7) is 5.71. The maximum atomic E-state index is 5.50. The highest BCUT2D eigenvalue weighted by Gasteiger charge is 2.01. The first-order valence-corrected chi connectivity index (χ1v) is 6.45. The van der Waals surface area contributed by atoms with E-state index in [9.17, 15) is 0 Å². The summed E-state index contributed by atoms with van der Waals surface area (Å²) in [5, 5.41) is 3.38. The second-order valence-electron chi connectivity index (χ2n) is 4.19. The summed E-state index contributed by atoms with van der Waals surface area (Å²) >= 11 is 3.47. The first-order chi connectivity index (χ1) is 8.15. The number of hydrogen-bond donors (Lipinski definition) is 1. The zero-order valence-electron chi connectivity index (χ0n) is 10.1. The van der Waals surface area contributed by atoms with Crippen molar-refractivity contribution in [2.75, 3.05) is 0 Å². The molecule has 0 aliphatic heterocycles. The number of benzene rings is 1. The zero-order valence-corrected chi connectivity index (χ0v) is 11.7. The first kappa shape index (κ1) is 12.4. The molecule has 2 nitrogen and oxygen atoms in total. The molecule has 1 N–H and O–H groups in total. The third-order valence-corrected chi connectivity index (χ3v) is 3.21. The van der Waals surface area contributed by atoms with Crippen LogP contribution in [0.15, 0.2) is 39.2 Å². The Bertz CT molecular complexity index is 505. The van der Waals surface area contributed by atoms with Crippen LogP contribution in [0.1, 0.15) is 22.6 Å². The number of halogens is 1. The van der Waals surface area contributed by atoms with E-state index in [0.717, 1.165) is 29.1 Å². The van der Waals surface area contributed by atoms with Crippen molar-refractivity contribution < 1.29 is 4.42 Å². The lowest BCUT2D eigenvalue weighted by Crippen LogP contribution is -2.12. The van der Waals surface area contributed by atoms with E-state index < -0.39 is 0 Å². The monoisotopic (exact) mass is 293 g/mol. The molecule has 0 aliphatic carbocycles. The highest BCUT2D eigenvalue weighted by atomic mass is 79.9. The van der Waals surface area contributed by atoms with Crippen LogP contribution in [0.2, 0.25) is 0 Å². The second-order valence-corrected chi connectivity index (χ2v) is 5.10. The Morgan fingerprint density at radius 1 is 1.12 bits per heavy atom. The van der Waals surface area contributed by atoms with Crippen molar-refractivity contribution in [3.63, 3.8) is 0 Å². The Morgan fingerprint density at radius 3 is 2.59 bits per heavy atom. The zero-order chi connectivity index (χ0) is 12.3. The van der Waals surface area contributed by atoms with Crippen LogP contribution in [-0.2, 0) is 13.1 Å². The molecule has 2 aromatic rings. The fourth-order valence-corrected chi connectivity index (χ4v) is 2.23. The maximum Gasteiger partial charge on any atom is 0.117 e. The molecule has 0 aliphatic rings. The van der Waals surface area contributed by atoms with Gasteiger partial charge in [-0.05, 0) is 49.2 Å². The minimum atomic E-state index is 0.767. The van der Waals surface area contributed by atoms with Gasteiger partial charge in [0.05, 0.1) is 6.54 Å².